The lowest BCUT2D eigenvalue weighted by atomic mass is 9.79. The summed E-state index contributed by atoms with van der Waals surface area (Å²) in [5.41, 5.74) is 3.83. The number of H-pyrrole nitrogens is 1. The molecule has 3 heterocycles. The molecule has 2 aliphatic heterocycles. The van der Waals surface area contributed by atoms with Crippen molar-refractivity contribution in [3.05, 3.63) is 105 Å². The number of hydrogen-bond donors (Lipinski definition) is 2. The Balaban J connectivity index is 1.69. The smallest absolute Gasteiger partial charge is 0.326 e. The summed E-state index contributed by atoms with van der Waals surface area (Å²) in [6.07, 6.45) is 0.556. The van der Waals surface area contributed by atoms with Crippen molar-refractivity contribution >= 4 is 45.4 Å². The Bertz CT molecular complexity index is 1480. The van der Waals surface area contributed by atoms with E-state index in [1.807, 2.05) is 60.7 Å². The number of para-hydroxylation sites is 1. The third-order valence-corrected chi connectivity index (χ3v) is 8.46. The van der Waals surface area contributed by atoms with Crippen molar-refractivity contribution in [1.29, 1.82) is 0 Å². The summed E-state index contributed by atoms with van der Waals surface area (Å²) in [5, 5.41) is 11.5. The number of aliphatic carboxylic acids is 1. The average Bonchev–Trinajstić information content (AvgIpc) is 3.44. The number of nitrogens with one attached hydrogen (secondary N) is 1. The fourth-order valence-corrected chi connectivity index (χ4v) is 6.98. The van der Waals surface area contributed by atoms with Gasteiger partial charge in [0.2, 0.25) is 0 Å². The first-order valence-corrected chi connectivity index (χ1v) is 13.0. The van der Waals surface area contributed by atoms with Gasteiger partial charge in [-0.3, -0.25) is 14.5 Å². The topological polar surface area (TPSA) is 82.6 Å². The van der Waals surface area contributed by atoms with E-state index < -0.39 is 29.4 Å². The number of methoxy groups -OCH3 is 1. The Kier molecular flexibility index (Phi) is 5.64. The standard InChI is InChI=1S/C29H25IN2O4/c1-36-28(35)29-15-21-20-12-5-6-13-23(20)31-24(21)26(18-10-7-11-19(30)14-18)32(29)25(22(16-29)27(33)34)17-8-3-2-4-9-17/h2-14,22,25-26,31H,15-16H2,1H3,(H,33,34)/t22?,25-,26?,29-/m1/s1. The summed E-state index contributed by atoms with van der Waals surface area (Å²) < 4.78 is 6.50. The van der Waals surface area contributed by atoms with Crippen LogP contribution < -0.4 is 0 Å². The number of carboxylic acid groups (broad SMARTS) is 1. The summed E-state index contributed by atoms with van der Waals surface area (Å²) in [7, 11) is 1.39. The molecule has 2 unspecified atom stereocenters. The number of ether oxygens (including phenoxy) is 1. The molecule has 1 saturated heterocycles. The van der Waals surface area contributed by atoms with Crippen LogP contribution in [0.2, 0.25) is 0 Å². The molecule has 4 aromatic rings. The second-order valence-corrected chi connectivity index (χ2v) is 10.9. The van der Waals surface area contributed by atoms with Crippen molar-refractivity contribution in [3.8, 4) is 0 Å². The van der Waals surface area contributed by atoms with Crippen molar-refractivity contribution in [2.75, 3.05) is 7.11 Å². The van der Waals surface area contributed by atoms with Crippen LogP contribution in [-0.4, -0.2) is 39.6 Å². The molecule has 7 heteroatoms. The van der Waals surface area contributed by atoms with Gasteiger partial charge in [0.1, 0.15) is 5.54 Å². The van der Waals surface area contributed by atoms with Crippen molar-refractivity contribution in [3.63, 3.8) is 0 Å². The Labute approximate surface area is 222 Å². The molecule has 0 bridgehead atoms. The zero-order chi connectivity index (χ0) is 25.0. The molecule has 2 aliphatic rings. The van der Waals surface area contributed by atoms with Crippen molar-refractivity contribution < 1.29 is 19.4 Å². The number of fused-ring (bicyclic) bond motifs is 4. The highest BCUT2D eigenvalue weighted by molar-refractivity contribution is 14.1. The molecular weight excluding hydrogens is 567 g/mol. The molecule has 0 radical (unpaired) electrons. The SMILES string of the molecule is COC(=O)[C@]12Cc3c([nH]c4ccccc34)C(c3cccc(I)c3)N1[C@H](c1ccccc1)C(C(=O)O)C2. The molecule has 4 atom stereocenters. The van der Waals surface area contributed by atoms with Crippen molar-refractivity contribution in [2.24, 2.45) is 5.92 Å². The highest BCUT2D eigenvalue weighted by Crippen LogP contribution is 2.58. The first kappa shape index (κ1) is 23.2. The van der Waals surface area contributed by atoms with Gasteiger partial charge in [-0.1, -0.05) is 60.7 Å². The number of aromatic nitrogens is 1. The van der Waals surface area contributed by atoms with Gasteiger partial charge in [0.25, 0.3) is 0 Å². The second-order valence-electron chi connectivity index (χ2n) is 9.63. The average molecular weight is 592 g/mol. The number of rotatable bonds is 4. The molecule has 182 valence electrons. The van der Waals surface area contributed by atoms with Crippen LogP contribution in [0.4, 0.5) is 0 Å². The van der Waals surface area contributed by atoms with Crippen molar-refractivity contribution in [2.45, 2.75) is 30.5 Å². The van der Waals surface area contributed by atoms with Crippen LogP contribution in [0.3, 0.4) is 0 Å². The molecule has 0 saturated carbocycles. The predicted octanol–water partition coefficient (Wildman–Crippen LogP) is 5.48. The van der Waals surface area contributed by atoms with E-state index in [1.165, 1.54) is 7.11 Å². The number of hydrogen-bond acceptors (Lipinski definition) is 4. The van der Waals surface area contributed by atoms with Gasteiger partial charge in [-0.05, 0) is 63.9 Å². The fraction of sp³-hybridized carbons (Fsp3) is 0.241. The zero-order valence-corrected chi connectivity index (χ0v) is 21.8. The molecule has 6 nitrogen and oxygen atoms in total. The summed E-state index contributed by atoms with van der Waals surface area (Å²) in [6, 6.07) is 25.1. The molecule has 1 fully saturated rings. The predicted molar refractivity (Wildman–Crippen MR) is 145 cm³/mol. The van der Waals surface area contributed by atoms with Gasteiger partial charge in [-0.2, -0.15) is 0 Å². The number of nitrogens with zero attached hydrogens (tertiary/aromatic N) is 1. The highest BCUT2D eigenvalue weighted by Gasteiger charge is 2.64. The lowest BCUT2D eigenvalue weighted by Gasteiger charge is -2.47. The molecule has 0 spiro atoms. The Hall–Kier alpha value is -3.17. The number of carbonyl (C=O) groups excluding carboxylic acids is 1. The van der Waals surface area contributed by atoms with Crippen LogP contribution in [-0.2, 0) is 20.7 Å². The van der Waals surface area contributed by atoms with E-state index in [0.717, 1.165) is 36.9 Å². The molecule has 0 aliphatic carbocycles. The minimum absolute atomic E-state index is 0.175. The van der Waals surface area contributed by atoms with Crippen LogP contribution in [0.1, 0.15) is 40.9 Å². The minimum Gasteiger partial charge on any atom is -0.481 e. The fourth-order valence-electron chi connectivity index (χ4n) is 6.41. The number of carbonyl (C=O) groups is 2. The van der Waals surface area contributed by atoms with Crippen molar-refractivity contribution in [1.82, 2.24) is 9.88 Å². The number of carboxylic acids is 1. The van der Waals surface area contributed by atoms with E-state index in [2.05, 4.69) is 50.7 Å². The first-order chi connectivity index (χ1) is 17.4. The Morgan fingerprint density at radius 3 is 2.47 bits per heavy atom. The van der Waals surface area contributed by atoms with Gasteiger partial charge in [0, 0.05) is 26.6 Å². The minimum atomic E-state index is -1.12. The van der Waals surface area contributed by atoms with E-state index in [1.54, 1.807) is 0 Å². The molecule has 36 heavy (non-hydrogen) atoms. The van der Waals surface area contributed by atoms with Crippen LogP contribution in [0.5, 0.6) is 0 Å². The molecule has 1 aromatic heterocycles. The summed E-state index contributed by atoms with van der Waals surface area (Å²) in [6.45, 7) is 0. The molecule has 3 aromatic carbocycles. The third-order valence-electron chi connectivity index (χ3n) is 7.79. The number of halogens is 1. The van der Waals surface area contributed by atoms with Gasteiger partial charge in [0.15, 0.2) is 0 Å². The zero-order valence-electron chi connectivity index (χ0n) is 19.6. The normalized spacial score (nSPS) is 25.3. The van der Waals surface area contributed by atoms with Gasteiger partial charge >= 0.3 is 11.9 Å². The Morgan fingerprint density at radius 1 is 1.03 bits per heavy atom. The number of esters is 1. The second kappa shape index (κ2) is 8.74. The maximum Gasteiger partial charge on any atom is 0.326 e. The summed E-state index contributed by atoms with van der Waals surface area (Å²) >= 11 is 2.30. The van der Waals surface area contributed by atoms with E-state index >= 15 is 0 Å². The monoisotopic (exact) mass is 592 g/mol. The van der Waals surface area contributed by atoms with Crippen LogP contribution >= 0.6 is 22.6 Å². The molecular formula is C29H25IN2O4. The van der Waals surface area contributed by atoms with Gasteiger partial charge in [-0.15, -0.1) is 0 Å². The Morgan fingerprint density at radius 2 is 1.75 bits per heavy atom. The largest absolute Gasteiger partial charge is 0.481 e. The van der Waals surface area contributed by atoms with E-state index in [-0.39, 0.29) is 12.5 Å². The van der Waals surface area contributed by atoms with E-state index in [4.69, 9.17) is 4.74 Å². The lowest BCUT2D eigenvalue weighted by Crippen LogP contribution is -2.57. The van der Waals surface area contributed by atoms with Gasteiger partial charge < -0.3 is 14.8 Å². The van der Waals surface area contributed by atoms with Crippen LogP contribution in [0.25, 0.3) is 10.9 Å². The molecule has 6 rings (SSSR count). The molecule has 2 N–H and O–H groups in total. The molecule has 0 amide bonds. The quantitative estimate of drug-likeness (QED) is 0.243. The first-order valence-electron chi connectivity index (χ1n) is 11.9. The van der Waals surface area contributed by atoms with E-state index in [9.17, 15) is 14.7 Å². The summed E-state index contributed by atoms with van der Waals surface area (Å²) in [4.78, 5) is 32.3. The third kappa shape index (κ3) is 3.40. The maximum absolute atomic E-state index is 13.8. The number of benzene rings is 3. The van der Waals surface area contributed by atoms with Crippen LogP contribution in [0.15, 0.2) is 78.9 Å². The van der Waals surface area contributed by atoms with Crippen LogP contribution in [0, 0.1) is 9.49 Å². The lowest BCUT2D eigenvalue weighted by molar-refractivity contribution is -0.156. The van der Waals surface area contributed by atoms with E-state index in [0.29, 0.717) is 6.42 Å². The number of aromatic amines is 1. The highest BCUT2D eigenvalue weighted by atomic mass is 127. The summed E-state index contributed by atoms with van der Waals surface area (Å²) in [5.74, 6) is -2.07. The maximum atomic E-state index is 13.8. The van der Waals surface area contributed by atoms with Gasteiger partial charge in [0.05, 0.1) is 25.1 Å². The van der Waals surface area contributed by atoms with Gasteiger partial charge in [-0.25, -0.2) is 0 Å².